The van der Waals surface area contributed by atoms with Crippen LogP contribution in [0.5, 0.6) is 0 Å². The molecule has 1 aliphatic rings. The smallest absolute Gasteiger partial charge is 0.423 e. The maximum atomic E-state index is 13.8. The van der Waals surface area contributed by atoms with E-state index in [9.17, 15) is 4.39 Å². The zero-order valence-electron chi connectivity index (χ0n) is 11.9. The Kier molecular flexibility index (Phi) is 4.54. The average molecular weight is 302 g/mol. The van der Waals surface area contributed by atoms with E-state index in [4.69, 9.17) is 19.5 Å². The molecule has 2 N–H and O–H groups in total. The first-order valence-electron chi connectivity index (χ1n) is 7.09. The van der Waals surface area contributed by atoms with Crippen molar-refractivity contribution in [2.24, 2.45) is 0 Å². The van der Waals surface area contributed by atoms with Crippen molar-refractivity contribution >= 4 is 12.6 Å². The van der Waals surface area contributed by atoms with Crippen LogP contribution in [0, 0.1) is 5.82 Å². The van der Waals surface area contributed by atoms with Crippen molar-refractivity contribution in [2.45, 2.75) is 12.2 Å². The fourth-order valence-corrected chi connectivity index (χ4v) is 2.51. The summed E-state index contributed by atoms with van der Waals surface area (Å²) in [6, 6.07) is 14.0. The Labute approximate surface area is 128 Å². The van der Waals surface area contributed by atoms with Crippen molar-refractivity contribution in [1.29, 1.82) is 0 Å². The second-order valence-corrected chi connectivity index (χ2v) is 5.26. The van der Waals surface area contributed by atoms with Gasteiger partial charge >= 0.3 is 7.12 Å². The highest BCUT2D eigenvalue weighted by molar-refractivity contribution is 6.58. The zero-order chi connectivity index (χ0) is 15.5. The fraction of sp³-hybridized carbons (Fsp3) is 0.250. The van der Waals surface area contributed by atoms with Gasteiger partial charge in [0.1, 0.15) is 5.82 Å². The van der Waals surface area contributed by atoms with Gasteiger partial charge in [0.25, 0.3) is 0 Å². The van der Waals surface area contributed by atoms with Crippen LogP contribution < -0.4 is 5.46 Å². The summed E-state index contributed by atoms with van der Waals surface area (Å²) < 4.78 is 25.1. The Bertz CT molecular complexity index is 627. The Morgan fingerprint density at radius 1 is 0.955 bits per heavy atom. The molecule has 1 fully saturated rings. The minimum Gasteiger partial charge on any atom is -0.423 e. The van der Waals surface area contributed by atoms with Crippen molar-refractivity contribution in [3.8, 4) is 0 Å². The molecule has 0 saturated carbocycles. The van der Waals surface area contributed by atoms with Crippen molar-refractivity contribution in [1.82, 2.24) is 0 Å². The molecule has 6 heteroatoms. The number of halogens is 1. The van der Waals surface area contributed by atoms with E-state index in [0.29, 0.717) is 18.8 Å². The van der Waals surface area contributed by atoms with Gasteiger partial charge in [-0.15, -0.1) is 0 Å². The normalized spacial score (nSPS) is 21.6. The molecule has 0 radical (unpaired) electrons. The Morgan fingerprint density at radius 3 is 2.23 bits per heavy atom. The van der Waals surface area contributed by atoms with Crippen LogP contribution in [0.25, 0.3) is 0 Å². The molecule has 1 aliphatic heterocycles. The quantitative estimate of drug-likeness (QED) is 0.840. The maximum absolute atomic E-state index is 13.8. The molecule has 22 heavy (non-hydrogen) atoms. The van der Waals surface area contributed by atoms with Crippen LogP contribution in [0.2, 0.25) is 0 Å². The van der Waals surface area contributed by atoms with Crippen LogP contribution in [0.4, 0.5) is 4.39 Å². The monoisotopic (exact) mass is 302 g/mol. The predicted octanol–water partition coefficient (Wildman–Crippen LogP) is 1.33. The molecule has 0 aliphatic carbocycles. The first-order chi connectivity index (χ1) is 10.6. The molecular weight excluding hydrogens is 286 g/mol. The standard InChI is InChI=1S/C16H16BFO4/c18-15-8-12(6-7-14(15)17(19)20)16-21-9-13(10-22-16)11-4-2-1-3-5-11/h1-8,13,16,19-20H,9-10H2/t13-,16-. The number of ether oxygens (including phenoxy) is 2. The van der Waals surface area contributed by atoms with E-state index in [2.05, 4.69) is 0 Å². The van der Waals surface area contributed by atoms with E-state index in [-0.39, 0.29) is 11.4 Å². The summed E-state index contributed by atoms with van der Waals surface area (Å²) in [7, 11) is -1.83. The molecule has 0 aromatic heterocycles. The predicted molar refractivity (Wildman–Crippen MR) is 80.1 cm³/mol. The SMILES string of the molecule is OB(O)c1ccc([C@H]2OC[C@H](c3ccccc3)CO2)cc1F. The molecule has 4 nitrogen and oxygen atoms in total. The van der Waals surface area contributed by atoms with Crippen LogP contribution in [0.3, 0.4) is 0 Å². The molecule has 0 unspecified atom stereocenters. The third kappa shape index (κ3) is 3.20. The molecule has 0 atom stereocenters. The lowest BCUT2D eigenvalue weighted by atomic mass is 9.79. The Balaban J connectivity index is 1.68. The lowest BCUT2D eigenvalue weighted by molar-refractivity contribution is -0.191. The second kappa shape index (κ2) is 6.58. The fourth-order valence-electron chi connectivity index (χ4n) is 2.51. The molecule has 0 spiro atoms. The van der Waals surface area contributed by atoms with E-state index in [0.717, 1.165) is 5.56 Å². The van der Waals surface area contributed by atoms with Crippen LogP contribution in [0.15, 0.2) is 48.5 Å². The third-order valence-corrected chi connectivity index (χ3v) is 3.74. The molecule has 0 amide bonds. The van der Waals surface area contributed by atoms with Gasteiger partial charge in [0.2, 0.25) is 0 Å². The summed E-state index contributed by atoms with van der Waals surface area (Å²) in [5.41, 5.74) is 1.50. The topological polar surface area (TPSA) is 58.9 Å². The molecule has 0 bridgehead atoms. The van der Waals surface area contributed by atoms with Crippen molar-refractivity contribution in [3.63, 3.8) is 0 Å². The summed E-state index contributed by atoms with van der Waals surface area (Å²) >= 11 is 0. The van der Waals surface area contributed by atoms with Crippen LogP contribution >= 0.6 is 0 Å². The molecule has 114 valence electrons. The van der Waals surface area contributed by atoms with Crippen molar-refractivity contribution < 1.29 is 23.9 Å². The van der Waals surface area contributed by atoms with Gasteiger partial charge in [-0.3, -0.25) is 0 Å². The second-order valence-electron chi connectivity index (χ2n) is 5.26. The van der Waals surface area contributed by atoms with Gasteiger partial charge in [0.15, 0.2) is 6.29 Å². The highest BCUT2D eigenvalue weighted by Crippen LogP contribution is 2.29. The van der Waals surface area contributed by atoms with Crippen LogP contribution in [-0.4, -0.2) is 30.4 Å². The Morgan fingerprint density at radius 2 is 1.64 bits per heavy atom. The van der Waals surface area contributed by atoms with Gasteiger partial charge in [-0.05, 0) is 11.6 Å². The third-order valence-electron chi connectivity index (χ3n) is 3.74. The summed E-state index contributed by atoms with van der Waals surface area (Å²) in [4.78, 5) is 0. The van der Waals surface area contributed by atoms with Gasteiger partial charge in [-0.1, -0.05) is 42.5 Å². The first-order valence-corrected chi connectivity index (χ1v) is 7.09. The number of benzene rings is 2. The van der Waals surface area contributed by atoms with Crippen molar-refractivity contribution in [3.05, 3.63) is 65.5 Å². The molecule has 3 rings (SSSR count). The molecule has 1 heterocycles. The van der Waals surface area contributed by atoms with Gasteiger partial charge in [-0.2, -0.15) is 0 Å². The largest absolute Gasteiger partial charge is 0.491 e. The Hall–Kier alpha value is -1.73. The average Bonchev–Trinajstić information content (AvgIpc) is 2.55. The van der Waals surface area contributed by atoms with Gasteiger partial charge in [-0.25, -0.2) is 4.39 Å². The summed E-state index contributed by atoms with van der Waals surface area (Å²) in [5.74, 6) is -0.536. The minimum atomic E-state index is -1.83. The molecular formula is C16H16BFO4. The number of rotatable bonds is 3. The van der Waals surface area contributed by atoms with E-state index in [1.165, 1.54) is 12.1 Å². The van der Waals surface area contributed by atoms with E-state index in [1.54, 1.807) is 6.07 Å². The van der Waals surface area contributed by atoms with Gasteiger partial charge in [0, 0.05) is 16.9 Å². The summed E-state index contributed by atoms with van der Waals surface area (Å²) in [5, 5.41) is 18.0. The molecule has 1 saturated heterocycles. The summed E-state index contributed by atoms with van der Waals surface area (Å²) in [6.45, 7) is 0.974. The van der Waals surface area contributed by atoms with Crippen LogP contribution in [-0.2, 0) is 9.47 Å². The summed E-state index contributed by atoms with van der Waals surface area (Å²) in [6.07, 6.45) is -0.639. The lowest BCUT2D eigenvalue weighted by Crippen LogP contribution is -2.33. The van der Waals surface area contributed by atoms with Crippen molar-refractivity contribution in [2.75, 3.05) is 13.2 Å². The number of hydrogen-bond acceptors (Lipinski definition) is 4. The minimum absolute atomic E-state index is 0.154. The highest BCUT2D eigenvalue weighted by Gasteiger charge is 2.26. The highest BCUT2D eigenvalue weighted by atomic mass is 19.1. The first kappa shape index (κ1) is 15.2. The van der Waals surface area contributed by atoms with Gasteiger partial charge < -0.3 is 19.5 Å². The van der Waals surface area contributed by atoms with Crippen LogP contribution in [0.1, 0.15) is 23.3 Å². The molecule has 2 aromatic carbocycles. The van der Waals surface area contributed by atoms with E-state index < -0.39 is 19.2 Å². The maximum Gasteiger partial charge on any atom is 0.491 e. The van der Waals surface area contributed by atoms with Gasteiger partial charge in [0.05, 0.1) is 13.2 Å². The van der Waals surface area contributed by atoms with E-state index >= 15 is 0 Å². The van der Waals surface area contributed by atoms with E-state index in [1.807, 2.05) is 30.3 Å². The zero-order valence-corrected chi connectivity index (χ0v) is 11.9. The lowest BCUT2D eigenvalue weighted by Gasteiger charge is -2.30. The molecule has 2 aromatic rings. The number of hydrogen-bond donors (Lipinski definition) is 2.